The molecule has 0 aliphatic carbocycles. The van der Waals surface area contributed by atoms with Crippen LogP contribution in [0.1, 0.15) is 52.9 Å². The Labute approximate surface area is 92.5 Å². The summed E-state index contributed by atoms with van der Waals surface area (Å²) in [7, 11) is 0. The van der Waals surface area contributed by atoms with Crippen LogP contribution in [0, 0.1) is 11.8 Å². The maximum atomic E-state index is 11.0. The summed E-state index contributed by atoms with van der Waals surface area (Å²) in [5.74, 6) is -1.38. The van der Waals surface area contributed by atoms with Crippen LogP contribution in [0.25, 0.3) is 0 Å². The molecule has 0 aliphatic heterocycles. The van der Waals surface area contributed by atoms with Crippen LogP contribution in [-0.2, 0) is 4.79 Å². The van der Waals surface area contributed by atoms with Gasteiger partial charge >= 0.3 is 5.97 Å². The van der Waals surface area contributed by atoms with Gasteiger partial charge in [0.15, 0.2) is 0 Å². The highest BCUT2D eigenvalue weighted by Gasteiger charge is 2.29. The Morgan fingerprint density at radius 3 is 2.20 bits per heavy atom. The smallest absolute Gasteiger partial charge is 0.309 e. The van der Waals surface area contributed by atoms with Gasteiger partial charge < -0.3 is 10.2 Å². The summed E-state index contributed by atoms with van der Waals surface area (Å²) in [5, 5.41) is 19.0. The van der Waals surface area contributed by atoms with Gasteiger partial charge in [0.2, 0.25) is 0 Å². The fourth-order valence-corrected chi connectivity index (χ4v) is 1.89. The number of hydrogen-bond acceptors (Lipinski definition) is 2. The summed E-state index contributed by atoms with van der Waals surface area (Å²) in [6.07, 6.45) is 3.59. The minimum atomic E-state index is -0.862. The summed E-state index contributed by atoms with van der Waals surface area (Å²) in [4.78, 5) is 11.0. The molecule has 0 aromatic carbocycles. The van der Waals surface area contributed by atoms with E-state index in [9.17, 15) is 9.90 Å². The van der Waals surface area contributed by atoms with E-state index in [4.69, 9.17) is 5.11 Å². The third kappa shape index (κ3) is 5.17. The average Bonchev–Trinajstić information content (AvgIpc) is 2.18. The van der Waals surface area contributed by atoms with Crippen LogP contribution in [-0.4, -0.2) is 22.3 Å². The van der Waals surface area contributed by atoms with Gasteiger partial charge in [-0.3, -0.25) is 4.79 Å². The highest BCUT2D eigenvalue weighted by molar-refractivity contribution is 5.70. The van der Waals surface area contributed by atoms with Gasteiger partial charge in [0, 0.05) is 0 Å². The van der Waals surface area contributed by atoms with E-state index in [1.807, 2.05) is 20.8 Å². The van der Waals surface area contributed by atoms with Crippen molar-refractivity contribution < 1.29 is 15.0 Å². The number of rotatable bonds is 8. The van der Waals surface area contributed by atoms with Crippen LogP contribution in [0.2, 0.25) is 0 Å². The number of hydrogen-bond donors (Lipinski definition) is 2. The predicted molar refractivity (Wildman–Crippen MR) is 60.7 cm³/mol. The molecule has 0 fully saturated rings. The van der Waals surface area contributed by atoms with Crippen molar-refractivity contribution in [3.63, 3.8) is 0 Å². The first-order valence-electron chi connectivity index (χ1n) is 5.95. The fraction of sp³-hybridized carbons (Fsp3) is 0.917. The summed E-state index contributed by atoms with van der Waals surface area (Å²) >= 11 is 0. The second kappa shape index (κ2) is 7.69. The number of carbonyl (C=O) groups is 1. The predicted octanol–water partition coefficient (Wildman–Crippen LogP) is 2.67. The first kappa shape index (κ1) is 14.4. The van der Waals surface area contributed by atoms with Crippen LogP contribution < -0.4 is 0 Å². The molecule has 15 heavy (non-hydrogen) atoms. The highest BCUT2D eigenvalue weighted by Crippen LogP contribution is 2.22. The normalized spacial score (nSPS) is 17.1. The topological polar surface area (TPSA) is 57.5 Å². The van der Waals surface area contributed by atoms with E-state index in [1.54, 1.807) is 0 Å². The van der Waals surface area contributed by atoms with Crippen molar-refractivity contribution in [3.05, 3.63) is 0 Å². The van der Waals surface area contributed by atoms with E-state index in [2.05, 4.69) is 0 Å². The maximum absolute atomic E-state index is 11.0. The lowest BCUT2D eigenvalue weighted by Crippen LogP contribution is -2.33. The standard InChI is InChI=1S/C12H24O3/c1-4-6-8-10(12(14)15)11(13)9(3)7-5-2/h9-11,13H,4-8H2,1-3H3,(H,14,15). The zero-order valence-electron chi connectivity index (χ0n) is 10.1. The monoisotopic (exact) mass is 216 g/mol. The van der Waals surface area contributed by atoms with Gasteiger partial charge in [-0.1, -0.05) is 40.0 Å². The van der Waals surface area contributed by atoms with E-state index in [0.29, 0.717) is 6.42 Å². The lowest BCUT2D eigenvalue weighted by Gasteiger charge is -2.24. The highest BCUT2D eigenvalue weighted by atomic mass is 16.4. The quantitative estimate of drug-likeness (QED) is 0.656. The molecular formula is C12H24O3. The zero-order chi connectivity index (χ0) is 11.8. The van der Waals surface area contributed by atoms with Gasteiger partial charge in [-0.2, -0.15) is 0 Å². The number of carboxylic acids is 1. The van der Waals surface area contributed by atoms with Crippen molar-refractivity contribution in [1.29, 1.82) is 0 Å². The molecule has 0 aromatic heterocycles. The molecule has 0 rings (SSSR count). The van der Waals surface area contributed by atoms with Gasteiger partial charge in [0.1, 0.15) is 0 Å². The molecule has 0 saturated heterocycles. The van der Waals surface area contributed by atoms with Crippen LogP contribution in [0.15, 0.2) is 0 Å². The molecule has 2 N–H and O–H groups in total. The number of aliphatic carboxylic acids is 1. The van der Waals surface area contributed by atoms with E-state index in [1.165, 1.54) is 0 Å². The van der Waals surface area contributed by atoms with E-state index in [-0.39, 0.29) is 5.92 Å². The Hall–Kier alpha value is -0.570. The molecule has 3 unspecified atom stereocenters. The first-order valence-corrected chi connectivity index (χ1v) is 5.95. The number of unbranched alkanes of at least 4 members (excludes halogenated alkanes) is 1. The lowest BCUT2D eigenvalue weighted by atomic mass is 9.86. The van der Waals surface area contributed by atoms with Crippen molar-refractivity contribution in [3.8, 4) is 0 Å². The van der Waals surface area contributed by atoms with Gasteiger partial charge in [-0.15, -0.1) is 0 Å². The molecule has 3 heteroatoms. The average molecular weight is 216 g/mol. The van der Waals surface area contributed by atoms with Gasteiger partial charge in [0.05, 0.1) is 12.0 Å². The number of aliphatic hydroxyl groups excluding tert-OH is 1. The molecular weight excluding hydrogens is 192 g/mol. The van der Waals surface area contributed by atoms with E-state index >= 15 is 0 Å². The van der Waals surface area contributed by atoms with Crippen molar-refractivity contribution in [1.82, 2.24) is 0 Å². The minimum Gasteiger partial charge on any atom is -0.481 e. The Kier molecular flexibility index (Phi) is 7.39. The second-order valence-corrected chi connectivity index (χ2v) is 4.34. The summed E-state index contributed by atoms with van der Waals surface area (Å²) in [6.45, 7) is 6.00. The van der Waals surface area contributed by atoms with E-state index in [0.717, 1.165) is 25.7 Å². The SMILES string of the molecule is CCCCC(C(=O)O)C(O)C(C)CCC. The molecule has 90 valence electrons. The van der Waals surface area contributed by atoms with Crippen molar-refractivity contribution >= 4 is 5.97 Å². The zero-order valence-corrected chi connectivity index (χ0v) is 10.1. The summed E-state index contributed by atoms with van der Waals surface area (Å²) in [5.41, 5.74) is 0. The molecule has 0 aliphatic rings. The van der Waals surface area contributed by atoms with Crippen molar-refractivity contribution in [2.24, 2.45) is 11.8 Å². The molecule has 0 saturated carbocycles. The van der Waals surface area contributed by atoms with Crippen LogP contribution >= 0.6 is 0 Å². The summed E-state index contributed by atoms with van der Waals surface area (Å²) < 4.78 is 0. The molecule has 0 aromatic rings. The molecule has 0 bridgehead atoms. The minimum absolute atomic E-state index is 0.0768. The lowest BCUT2D eigenvalue weighted by molar-refractivity contribution is -0.147. The van der Waals surface area contributed by atoms with Crippen molar-refractivity contribution in [2.45, 2.75) is 59.0 Å². The van der Waals surface area contributed by atoms with E-state index < -0.39 is 18.0 Å². The van der Waals surface area contributed by atoms with Crippen LogP contribution in [0.5, 0.6) is 0 Å². The Morgan fingerprint density at radius 1 is 1.20 bits per heavy atom. The molecule has 0 radical (unpaired) electrons. The first-order chi connectivity index (χ1) is 7.04. The van der Waals surface area contributed by atoms with Gasteiger partial charge in [-0.25, -0.2) is 0 Å². The second-order valence-electron chi connectivity index (χ2n) is 4.34. The Morgan fingerprint density at radius 2 is 1.80 bits per heavy atom. The van der Waals surface area contributed by atoms with Gasteiger partial charge in [-0.05, 0) is 18.8 Å². The number of aliphatic hydroxyl groups is 1. The maximum Gasteiger partial charge on any atom is 0.309 e. The Bertz CT molecular complexity index is 180. The third-order valence-corrected chi connectivity index (χ3v) is 2.93. The molecule has 0 spiro atoms. The third-order valence-electron chi connectivity index (χ3n) is 2.93. The molecule has 3 atom stereocenters. The van der Waals surface area contributed by atoms with Gasteiger partial charge in [0.25, 0.3) is 0 Å². The molecule has 3 nitrogen and oxygen atoms in total. The number of carboxylic acid groups (broad SMARTS) is 1. The summed E-state index contributed by atoms with van der Waals surface area (Å²) in [6, 6.07) is 0. The Balaban J connectivity index is 4.26. The fourth-order valence-electron chi connectivity index (χ4n) is 1.89. The largest absolute Gasteiger partial charge is 0.481 e. The molecule has 0 amide bonds. The van der Waals surface area contributed by atoms with Crippen LogP contribution in [0.4, 0.5) is 0 Å². The van der Waals surface area contributed by atoms with Crippen molar-refractivity contribution in [2.75, 3.05) is 0 Å². The molecule has 0 heterocycles. The van der Waals surface area contributed by atoms with Crippen LogP contribution in [0.3, 0.4) is 0 Å².